The first kappa shape index (κ1) is 12.0. The maximum Gasteiger partial charge on any atom is 0.0309 e. The van der Waals surface area contributed by atoms with Gasteiger partial charge in [0.15, 0.2) is 0 Å². The van der Waals surface area contributed by atoms with Crippen molar-refractivity contribution in [3.63, 3.8) is 0 Å². The Morgan fingerprint density at radius 3 is 2.53 bits per heavy atom. The van der Waals surface area contributed by atoms with Crippen molar-refractivity contribution in [1.29, 1.82) is 0 Å². The number of hydrogen-bond acceptors (Lipinski definition) is 2. The molecule has 3 fully saturated rings. The van der Waals surface area contributed by atoms with Crippen LogP contribution in [-0.4, -0.2) is 35.6 Å². The van der Waals surface area contributed by atoms with Gasteiger partial charge in [0.2, 0.25) is 0 Å². The minimum atomic E-state index is 0.412. The lowest BCUT2D eigenvalue weighted by Crippen LogP contribution is -2.66. The number of hydrogen-bond donors (Lipinski definition) is 1. The highest BCUT2D eigenvalue weighted by Gasteiger charge is 2.49. The van der Waals surface area contributed by atoms with Gasteiger partial charge < -0.3 is 5.32 Å². The zero-order valence-electron chi connectivity index (χ0n) is 11.7. The molecule has 0 amide bonds. The van der Waals surface area contributed by atoms with Crippen LogP contribution in [0.2, 0.25) is 0 Å². The average Bonchev–Trinajstić information content (AvgIpc) is 3.19. The number of piperazine rings is 1. The number of nitrogens with one attached hydrogen (secondary N) is 1. The average molecular weight is 236 g/mol. The molecular weight excluding hydrogens is 208 g/mol. The summed E-state index contributed by atoms with van der Waals surface area (Å²) in [7, 11) is 0. The van der Waals surface area contributed by atoms with Gasteiger partial charge in [0.25, 0.3) is 0 Å². The maximum absolute atomic E-state index is 3.90. The van der Waals surface area contributed by atoms with E-state index < -0.39 is 0 Å². The Morgan fingerprint density at radius 1 is 1.29 bits per heavy atom. The molecule has 3 rings (SSSR count). The monoisotopic (exact) mass is 236 g/mol. The summed E-state index contributed by atoms with van der Waals surface area (Å²) in [5.74, 6) is 1.95. The van der Waals surface area contributed by atoms with Crippen LogP contribution < -0.4 is 5.32 Å². The summed E-state index contributed by atoms with van der Waals surface area (Å²) in [6.45, 7) is 9.75. The predicted octanol–water partition coefficient (Wildman–Crippen LogP) is 2.64. The van der Waals surface area contributed by atoms with Crippen molar-refractivity contribution in [3.8, 4) is 0 Å². The van der Waals surface area contributed by atoms with Crippen LogP contribution in [0.15, 0.2) is 0 Å². The Balaban J connectivity index is 1.72. The Labute approximate surface area is 106 Å². The second-order valence-corrected chi connectivity index (χ2v) is 6.91. The molecule has 0 aromatic carbocycles. The van der Waals surface area contributed by atoms with E-state index in [1.165, 1.54) is 45.2 Å². The van der Waals surface area contributed by atoms with Crippen molar-refractivity contribution in [2.75, 3.05) is 13.1 Å². The van der Waals surface area contributed by atoms with Gasteiger partial charge in [0.05, 0.1) is 0 Å². The van der Waals surface area contributed by atoms with Crippen LogP contribution in [0, 0.1) is 11.8 Å². The SMILES string of the molecule is CCC(C)N1CC(C)(C2CC2)NCC1C1CC1. The molecule has 98 valence electrons. The molecule has 1 heterocycles. The molecule has 2 saturated carbocycles. The number of nitrogens with zero attached hydrogens (tertiary/aromatic N) is 1. The number of rotatable bonds is 4. The Morgan fingerprint density at radius 2 is 2.00 bits per heavy atom. The molecule has 3 atom stereocenters. The van der Waals surface area contributed by atoms with Crippen LogP contribution in [-0.2, 0) is 0 Å². The van der Waals surface area contributed by atoms with E-state index >= 15 is 0 Å². The quantitative estimate of drug-likeness (QED) is 0.807. The fourth-order valence-corrected chi connectivity index (χ4v) is 3.64. The molecule has 0 aromatic heterocycles. The van der Waals surface area contributed by atoms with Crippen molar-refractivity contribution in [1.82, 2.24) is 10.2 Å². The zero-order valence-corrected chi connectivity index (χ0v) is 11.7. The minimum Gasteiger partial charge on any atom is -0.308 e. The molecule has 0 radical (unpaired) electrons. The van der Waals surface area contributed by atoms with E-state index in [1.54, 1.807) is 0 Å². The second kappa shape index (κ2) is 4.24. The first-order valence-electron chi connectivity index (χ1n) is 7.65. The minimum absolute atomic E-state index is 0.412. The smallest absolute Gasteiger partial charge is 0.0309 e. The van der Waals surface area contributed by atoms with Gasteiger partial charge in [-0.15, -0.1) is 0 Å². The summed E-state index contributed by atoms with van der Waals surface area (Å²) in [6.07, 6.45) is 7.14. The van der Waals surface area contributed by atoms with Crippen molar-refractivity contribution in [3.05, 3.63) is 0 Å². The maximum atomic E-state index is 3.90. The summed E-state index contributed by atoms with van der Waals surface area (Å²) in [5, 5.41) is 3.90. The van der Waals surface area contributed by atoms with Crippen molar-refractivity contribution in [2.24, 2.45) is 11.8 Å². The summed E-state index contributed by atoms with van der Waals surface area (Å²) in [5.41, 5.74) is 0.412. The highest BCUT2D eigenvalue weighted by Crippen LogP contribution is 2.44. The molecular formula is C15H28N2. The third-order valence-electron chi connectivity index (χ3n) is 5.45. The summed E-state index contributed by atoms with van der Waals surface area (Å²) in [6, 6.07) is 1.59. The molecule has 0 aromatic rings. The molecule has 1 aliphatic heterocycles. The van der Waals surface area contributed by atoms with Gasteiger partial charge in [-0.1, -0.05) is 6.92 Å². The second-order valence-electron chi connectivity index (χ2n) is 6.91. The Bertz CT molecular complexity index is 283. The molecule has 2 aliphatic carbocycles. The van der Waals surface area contributed by atoms with E-state index in [-0.39, 0.29) is 0 Å². The first-order valence-corrected chi connectivity index (χ1v) is 7.65. The van der Waals surface area contributed by atoms with Crippen LogP contribution in [0.4, 0.5) is 0 Å². The van der Waals surface area contributed by atoms with Crippen LogP contribution in [0.5, 0.6) is 0 Å². The largest absolute Gasteiger partial charge is 0.308 e. The molecule has 17 heavy (non-hydrogen) atoms. The standard InChI is InChI=1S/C15H28N2/c1-4-11(2)17-10-15(3,13-7-8-13)16-9-14(17)12-5-6-12/h11-14,16H,4-10H2,1-3H3. The summed E-state index contributed by atoms with van der Waals surface area (Å²) >= 11 is 0. The van der Waals surface area contributed by atoms with Gasteiger partial charge in [-0.05, 0) is 57.8 Å². The Kier molecular flexibility index (Phi) is 2.99. The summed E-state index contributed by atoms with van der Waals surface area (Å²) < 4.78 is 0. The van der Waals surface area contributed by atoms with Gasteiger partial charge in [-0.25, -0.2) is 0 Å². The molecule has 1 saturated heterocycles. The van der Waals surface area contributed by atoms with Crippen LogP contribution >= 0.6 is 0 Å². The van der Waals surface area contributed by atoms with Crippen molar-refractivity contribution < 1.29 is 0 Å². The highest BCUT2D eigenvalue weighted by atomic mass is 15.3. The third-order valence-corrected chi connectivity index (χ3v) is 5.45. The normalized spacial score (nSPS) is 41.5. The molecule has 3 aliphatic rings. The van der Waals surface area contributed by atoms with E-state index in [9.17, 15) is 0 Å². The fourth-order valence-electron chi connectivity index (χ4n) is 3.64. The predicted molar refractivity (Wildman–Crippen MR) is 72.1 cm³/mol. The van der Waals surface area contributed by atoms with Gasteiger partial charge in [0, 0.05) is 30.7 Å². The molecule has 2 heteroatoms. The van der Waals surface area contributed by atoms with Crippen molar-refractivity contribution in [2.45, 2.75) is 70.5 Å². The van der Waals surface area contributed by atoms with E-state index in [4.69, 9.17) is 0 Å². The van der Waals surface area contributed by atoms with E-state index in [0.717, 1.165) is 23.9 Å². The lowest BCUT2D eigenvalue weighted by Gasteiger charge is -2.49. The molecule has 0 spiro atoms. The van der Waals surface area contributed by atoms with E-state index in [2.05, 4.69) is 31.0 Å². The topological polar surface area (TPSA) is 15.3 Å². The van der Waals surface area contributed by atoms with Gasteiger partial charge in [0.1, 0.15) is 0 Å². The molecule has 2 nitrogen and oxygen atoms in total. The van der Waals surface area contributed by atoms with Crippen LogP contribution in [0.25, 0.3) is 0 Å². The van der Waals surface area contributed by atoms with Crippen LogP contribution in [0.1, 0.15) is 52.9 Å². The zero-order chi connectivity index (χ0) is 12.0. The summed E-state index contributed by atoms with van der Waals surface area (Å²) in [4.78, 5) is 2.84. The molecule has 1 N–H and O–H groups in total. The highest BCUT2D eigenvalue weighted by molar-refractivity contribution is 5.07. The Hall–Kier alpha value is -0.0800. The van der Waals surface area contributed by atoms with Gasteiger partial charge in [-0.2, -0.15) is 0 Å². The third kappa shape index (κ3) is 2.26. The lowest BCUT2D eigenvalue weighted by atomic mass is 9.88. The van der Waals surface area contributed by atoms with Gasteiger partial charge >= 0.3 is 0 Å². The lowest BCUT2D eigenvalue weighted by molar-refractivity contribution is 0.0330. The van der Waals surface area contributed by atoms with E-state index in [1.807, 2.05) is 0 Å². The molecule has 0 bridgehead atoms. The fraction of sp³-hybridized carbons (Fsp3) is 1.00. The first-order chi connectivity index (χ1) is 8.14. The molecule has 3 unspecified atom stereocenters. The van der Waals surface area contributed by atoms with E-state index in [0.29, 0.717) is 5.54 Å². The van der Waals surface area contributed by atoms with Crippen LogP contribution in [0.3, 0.4) is 0 Å². The van der Waals surface area contributed by atoms with Crippen molar-refractivity contribution >= 4 is 0 Å². The van der Waals surface area contributed by atoms with Gasteiger partial charge in [-0.3, -0.25) is 4.90 Å².